The van der Waals surface area contributed by atoms with E-state index in [0.29, 0.717) is 0 Å². The molecule has 0 saturated carbocycles. The lowest BCUT2D eigenvalue weighted by Crippen LogP contribution is -2.58. The molecule has 0 aromatic carbocycles. The van der Waals surface area contributed by atoms with E-state index in [2.05, 4.69) is 26.7 Å². The molecule has 48 valence electrons. The van der Waals surface area contributed by atoms with Gasteiger partial charge in [0.05, 0.1) is 33.1 Å². The van der Waals surface area contributed by atoms with E-state index < -0.39 is 0 Å². The Morgan fingerprint density at radius 2 is 2.00 bits per heavy atom. The van der Waals surface area contributed by atoms with Crippen LogP contribution in [0.1, 0.15) is 0 Å². The van der Waals surface area contributed by atoms with Gasteiger partial charge >= 0.3 is 0 Å². The first kappa shape index (κ1) is 6.43. The van der Waals surface area contributed by atoms with Gasteiger partial charge in [0.2, 0.25) is 0 Å². The van der Waals surface area contributed by atoms with Gasteiger partial charge in [-0.3, -0.25) is 0 Å². The standard InChI is InChI=1S/C6H13NS/c1-7(2)3-6(4-7)5-8/h6H,3-5H2,1-2H3/p+1. The quantitative estimate of drug-likeness (QED) is 0.392. The Balaban J connectivity index is 2.21. The van der Waals surface area contributed by atoms with Gasteiger partial charge in [-0.1, -0.05) is 0 Å². The average molecular weight is 132 g/mol. The molecular weight excluding hydrogens is 118 g/mol. The van der Waals surface area contributed by atoms with Crippen LogP contribution in [0.15, 0.2) is 0 Å². The number of hydrogen-bond donors (Lipinski definition) is 1. The van der Waals surface area contributed by atoms with Gasteiger partial charge in [0, 0.05) is 5.75 Å². The van der Waals surface area contributed by atoms with Crippen LogP contribution in [0.5, 0.6) is 0 Å². The average Bonchev–Trinajstić information content (AvgIpc) is 1.60. The highest BCUT2D eigenvalue weighted by Crippen LogP contribution is 2.20. The number of hydrogen-bond acceptors (Lipinski definition) is 1. The molecule has 0 atom stereocenters. The molecule has 0 aliphatic carbocycles. The Kier molecular flexibility index (Phi) is 1.54. The fraction of sp³-hybridized carbons (Fsp3) is 1.00. The van der Waals surface area contributed by atoms with E-state index >= 15 is 0 Å². The minimum Gasteiger partial charge on any atom is -0.328 e. The molecule has 0 radical (unpaired) electrons. The SMILES string of the molecule is C[N+]1(C)CC(CS)C1. The molecule has 1 aliphatic heterocycles. The molecule has 2 heteroatoms. The van der Waals surface area contributed by atoms with Crippen molar-refractivity contribution < 1.29 is 4.48 Å². The molecule has 1 aliphatic rings. The molecule has 1 nitrogen and oxygen atoms in total. The Morgan fingerprint density at radius 1 is 1.50 bits per heavy atom. The topological polar surface area (TPSA) is 0 Å². The predicted molar refractivity (Wildman–Crippen MR) is 39.2 cm³/mol. The van der Waals surface area contributed by atoms with E-state index in [1.165, 1.54) is 17.6 Å². The summed E-state index contributed by atoms with van der Waals surface area (Å²) in [6, 6.07) is 0. The molecule has 0 aromatic rings. The zero-order chi connectivity index (χ0) is 6.20. The van der Waals surface area contributed by atoms with E-state index in [9.17, 15) is 0 Å². The lowest BCUT2D eigenvalue weighted by atomic mass is 10.0. The molecule has 1 fully saturated rings. The molecule has 8 heavy (non-hydrogen) atoms. The normalized spacial score (nSPS) is 27.4. The van der Waals surface area contributed by atoms with Crippen molar-refractivity contribution in [3.63, 3.8) is 0 Å². The maximum atomic E-state index is 4.21. The van der Waals surface area contributed by atoms with Crippen molar-refractivity contribution in [3.8, 4) is 0 Å². The predicted octanol–water partition coefficient (Wildman–Crippen LogP) is 0.622. The van der Waals surface area contributed by atoms with Crippen molar-refractivity contribution in [1.29, 1.82) is 0 Å². The molecule has 1 saturated heterocycles. The fourth-order valence-electron chi connectivity index (χ4n) is 1.46. The highest BCUT2D eigenvalue weighted by atomic mass is 32.1. The Morgan fingerprint density at radius 3 is 2.12 bits per heavy atom. The lowest BCUT2D eigenvalue weighted by molar-refractivity contribution is -0.937. The summed E-state index contributed by atoms with van der Waals surface area (Å²) in [4.78, 5) is 0. The fourth-order valence-corrected chi connectivity index (χ4v) is 1.69. The Labute approximate surface area is 56.7 Å². The van der Waals surface area contributed by atoms with Gasteiger partial charge in [0.15, 0.2) is 0 Å². The summed E-state index contributed by atoms with van der Waals surface area (Å²) >= 11 is 4.21. The zero-order valence-corrected chi connectivity index (χ0v) is 6.49. The van der Waals surface area contributed by atoms with Crippen LogP contribution in [0.25, 0.3) is 0 Å². The lowest BCUT2D eigenvalue weighted by Gasteiger charge is -2.44. The van der Waals surface area contributed by atoms with Crippen molar-refractivity contribution in [2.24, 2.45) is 5.92 Å². The molecule has 0 amide bonds. The van der Waals surface area contributed by atoms with E-state index in [4.69, 9.17) is 0 Å². The number of quaternary nitrogens is 1. The Hall–Kier alpha value is 0.310. The Bertz CT molecular complexity index is 82.5. The second-order valence-corrected chi connectivity index (χ2v) is 3.71. The summed E-state index contributed by atoms with van der Waals surface area (Å²) in [5.41, 5.74) is 0. The number of nitrogens with zero attached hydrogens (tertiary/aromatic N) is 1. The molecular formula is C6H14NS+. The van der Waals surface area contributed by atoms with Crippen LogP contribution in [0.4, 0.5) is 0 Å². The van der Waals surface area contributed by atoms with Crippen LogP contribution >= 0.6 is 12.6 Å². The van der Waals surface area contributed by atoms with Crippen LogP contribution in [0.3, 0.4) is 0 Å². The summed E-state index contributed by atoms with van der Waals surface area (Å²) in [5, 5.41) is 0. The summed E-state index contributed by atoms with van der Waals surface area (Å²) < 4.78 is 1.20. The highest BCUT2D eigenvalue weighted by Gasteiger charge is 2.34. The van der Waals surface area contributed by atoms with Crippen LogP contribution < -0.4 is 0 Å². The first-order valence-electron chi connectivity index (χ1n) is 3.07. The van der Waals surface area contributed by atoms with E-state index in [1.54, 1.807) is 0 Å². The highest BCUT2D eigenvalue weighted by molar-refractivity contribution is 7.80. The van der Waals surface area contributed by atoms with E-state index in [-0.39, 0.29) is 0 Å². The molecule has 0 spiro atoms. The van der Waals surface area contributed by atoms with Crippen molar-refractivity contribution in [1.82, 2.24) is 0 Å². The third-order valence-corrected chi connectivity index (χ3v) is 2.28. The van der Waals surface area contributed by atoms with Crippen LogP contribution in [0, 0.1) is 5.92 Å². The monoisotopic (exact) mass is 132 g/mol. The van der Waals surface area contributed by atoms with Gasteiger partial charge in [-0.25, -0.2) is 0 Å². The summed E-state index contributed by atoms with van der Waals surface area (Å²) in [7, 11) is 4.53. The zero-order valence-electron chi connectivity index (χ0n) is 5.59. The maximum absolute atomic E-state index is 4.21. The van der Waals surface area contributed by atoms with Gasteiger partial charge in [-0.05, 0) is 0 Å². The number of rotatable bonds is 1. The second-order valence-electron chi connectivity index (χ2n) is 3.35. The molecule has 0 bridgehead atoms. The summed E-state index contributed by atoms with van der Waals surface area (Å²) in [6.45, 7) is 2.65. The third-order valence-electron chi connectivity index (χ3n) is 1.76. The van der Waals surface area contributed by atoms with E-state index in [1.807, 2.05) is 0 Å². The van der Waals surface area contributed by atoms with Crippen LogP contribution in [-0.2, 0) is 0 Å². The van der Waals surface area contributed by atoms with Crippen LogP contribution in [-0.4, -0.2) is 37.4 Å². The molecule has 1 rings (SSSR count). The van der Waals surface area contributed by atoms with E-state index in [0.717, 1.165) is 11.7 Å². The van der Waals surface area contributed by atoms with Crippen LogP contribution in [0.2, 0.25) is 0 Å². The smallest absolute Gasteiger partial charge is 0.0873 e. The summed E-state index contributed by atoms with van der Waals surface area (Å²) in [6.07, 6.45) is 0. The number of likely N-dealkylation sites (tertiary alicyclic amines) is 1. The van der Waals surface area contributed by atoms with Gasteiger partial charge in [0.1, 0.15) is 0 Å². The van der Waals surface area contributed by atoms with Gasteiger partial charge in [0.25, 0.3) is 0 Å². The van der Waals surface area contributed by atoms with Gasteiger partial charge in [-0.2, -0.15) is 12.6 Å². The first-order valence-corrected chi connectivity index (χ1v) is 3.70. The van der Waals surface area contributed by atoms with Crippen molar-refractivity contribution >= 4 is 12.6 Å². The number of thiol groups is 1. The van der Waals surface area contributed by atoms with Gasteiger partial charge in [-0.15, -0.1) is 0 Å². The largest absolute Gasteiger partial charge is 0.328 e. The minimum absolute atomic E-state index is 0.897. The van der Waals surface area contributed by atoms with Gasteiger partial charge < -0.3 is 4.48 Å². The second kappa shape index (κ2) is 1.92. The van der Waals surface area contributed by atoms with Crippen molar-refractivity contribution in [2.45, 2.75) is 0 Å². The van der Waals surface area contributed by atoms with Crippen molar-refractivity contribution in [3.05, 3.63) is 0 Å². The maximum Gasteiger partial charge on any atom is 0.0873 e. The third kappa shape index (κ3) is 1.17. The first-order chi connectivity index (χ1) is 3.64. The molecule has 0 N–H and O–H groups in total. The minimum atomic E-state index is 0.897. The summed E-state index contributed by atoms with van der Waals surface area (Å²) in [5.74, 6) is 1.97. The molecule has 0 aromatic heterocycles. The molecule has 1 heterocycles. The van der Waals surface area contributed by atoms with Crippen molar-refractivity contribution in [2.75, 3.05) is 32.9 Å². The molecule has 0 unspecified atom stereocenters.